The highest BCUT2D eigenvalue weighted by Gasteiger charge is 2.18. The summed E-state index contributed by atoms with van der Waals surface area (Å²) >= 11 is 0. The molecule has 2 aromatic rings. The third-order valence-corrected chi connectivity index (χ3v) is 4.02. The van der Waals surface area contributed by atoms with Gasteiger partial charge in [-0.3, -0.25) is 9.59 Å². The van der Waals surface area contributed by atoms with Crippen LogP contribution < -0.4 is 15.0 Å². The second-order valence-electron chi connectivity index (χ2n) is 5.91. The lowest BCUT2D eigenvalue weighted by Gasteiger charge is -2.23. The molecule has 0 saturated carbocycles. The first kappa shape index (κ1) is 21.0. The molecule has 0 radical (unpaired) electrons. The number of hydrogen-bond donors (Lipinski definition) is 1. The quantitative estimate of drug-likeness (QED) is 0.706. The van der Waals surface area contributed by atoms with Gasteiger partial charge in [-0.15, -0.1) is 0 Å². The Hall–Kier alpha value is -3.35. The molecule has 148 valence electrons. The minimum Gasteiger partial charge on any atom is -0.495 e. The van der Waals surface area contributed by atoms with Gasteiger partial charge in [-0.25, -0.2) is 4.79 Å². The van der Waals surface area contributed by atoms with Gasteiger partial charge >= 0.3 is 5.97 Å². The molecule has 1 N–H and O–H groups in total. The van der Waals surface area contributed by atoms with E-state index in [-0.39, 0.29) is 37.0 Å². The Morgan fingerprint density at radius 3 is 2.39 bits per heavy atom. The maximum atomic E-state index is 12.4. The van der Waals surface area contributed by atoms with Gasteiger partial charge in [0.1, 0.15) is 5.75 Å². The van der Waals surface area contributed by atoms with Crippen molar-refractivity contribution in [2.24, 2.45) is 0 Å². The second-order valence-corrected chi connectivity index (χ2v) is 5.91. The van der Waals surface area contributed by atoms with Crippen LogP contribution in [0.2, 0.25) is 0 Å². The first-order valence-electron chi connectivity index (χ1n) is 8.95. The highest BCUT2D eigenvalue weighted by Crippen LogP contribution is 2.28. The standard InChI is InChI=1S/C21H24N2O5/c1-4-28-21(26)16-9-5-6-10-17(16)22-20(25)13-14-23(15(2)24)18-11-7-8-12-19(18)27-3/h5-12H,4,13-14H2,1-3H3,(H,22,25). The van der Waals surface area contributed by atoms with Crippen LogP contribution in [0.1, 0.15) is 30.6 Å². The number of para-hydroxylation sites is 3. The highest BCUT2D eigenvalue weighted by molar-refractivity contribution is 6.02. The molecule has 7 nitrogen and oxygen atoms in total. The fourth-order valence-electron chi connectivity index (χ4n) is 2.71. The second kappa shape index (κ2) is 10.1. The normalized spacial score (nSPS) is 10.1. The van der Waals surface area contributed by atoms with E-state index >= 15 is 0 Å². The number of rotatable bonds is 8. The van der Waals surface area contributed by atoms with Crippen LogP contribution in [0.4, 0.5) is 11.4 Å². The Balaban J connectivity index is 2.09. The van der Waals surface area contributed by atoms with Crippen molar-refractivity contribution in [1.29, 1.82) is 0 Å². The Kier molecular flexibility index (Phi) is 7.56. The predicted molar refractivity (Wildman–Crippen MR) is 107 cm³/mol. The van der Waals surface area contributed by atoms with Crippen LogP contribution in [-0.4, -0.2) is 38.0 Å². The van der Waals surface area contributed by atoms with Gasteiger partial charge in [0.2, 0.25) is 11.8 Å². The highest BCUT2D eigenvalue weighted by atomic mass is 16.5. The lowest BCUT2D eigenvalue weighted by molar-refractivity contribution is -0.117. The minimum absolute atomic E-state index is 0.0504. The number of nitrogens with one attached hydrogen (secondary N) is 1. The van der Waals surface area contributed by atoms with Crippen LogP contribution in [0.25, 0.3) is 0 Å². The number of carbonyl (C=O) groups excluding carboxylic acids is 3. The molecule has 0 saturated heterocycles. The van der Waals surface area contributed by atoms with Crippen LogP contribution in [0.5, 0.6) is 5.75 Å². The van der Waals surface area contributed by atoms with Crippen LogP contribution in [0.15, 0.2) is 48.5 Å². The number of amides is 2. The molecular formula is C21H24N2O5. The zero-order valence-corrected chi connectivity index (χ0v) is 16.2. The van der Waals surface area contributed by atoms with Crippen molar-refractivity contribution < 1.29 is 23.9 Å². The third kappa shape index (κ3) is 5.33. The molecule has 0 aliphatic rings. The van der Waals surface area contributed by atoms with E-state index in [0.29, 0.717) is 17.1 Å². The summed E-state index contributed by atoms with van der Waals surface area (Å²) in [6.45, 7) is 3.56. The molecule has 28 heavy (non-hydrogen) atoms. The molecule has 0 atom stereocenters. The zero-order chi connectivity index (χ0) is 20.5. The maximum absolute atomic E-state index is 12.4. The number of esters is 1. The van der Waals surface area contributed by atoms with Crippen LogP contribution in [-0.2, 0) is 14.3 Å². The summed E-state index contributed by atoms with van der Waals surface area (Å²) in [7, 11) is 1.52. The lowest BCUT2D eigenvalue weighted by atomic mass is 10.1. The summed E-state index contributed by atoms with van der Waals surface area (Å²) in [5.41, 5.74) is 1.25. The molecule has 0 fully saturated rings. The van der Waals surface area contributed by atoms with Gasteiger partial charge in [-0.2, -0.15) is 0 Å². The topological polar surface area (TPSA) is 84.9 Å². The monoisotopic (exact) mass is 384 g/mol. The van der Waals surface area contributed by atoms with Crippen molar-refractivity contribution in [3.63, 3.8) is 0 Å². The summed E-state index contributed by atoms with van der Waals surface area (Å²) in [6, 6.07) is 13.7. The van der Waals surface area contributed by atoms with Crippen molar-refractivity contribution in [2.45, 2.75) is 20.3 Å². The van der Waals surface area contributed by atoms with Crippen LogP contribution in [0, 0.1) is 0 Å². The Morgan fingerprint density at radius 2 is 1.71 bits per heavy atom. The van der Waals surface area contributed by atoms with Gasteiger partial charge in [0.25, 0.3) is 0 Å². The minimum atomic E-state index is -0.502. The molecule has 0 bridgehead atoms. The number of ether oxygens (including phenoxy) is 2. The molecule has 0 aliphatic carbocycles. The number of methoxy groups -OCH3 is 1. The molecule has 2 rings (SSSR count). The molecular weight excluding hydrogens is 360 g/mol. The zero-order valence-electron chi connectivity index (χ0n) is 16.2. The van der Waals surface area contributed by atoms with E-state index < -0.39 is 5.97 Å². The summed E-state index contributed by atoms with van der Waals surface area (Å²) in [4.78, 5) is 38.0. The van der Waals surface area contributed by atoms with E-state index in [1.54, 1.807) is 55.5 Å². The smallest absolute Gasteiger partial charge is 0.340 e. The average molecular weight is 384 g/mol. The summed E-state index contributed by atoms with van der Waals surface area (Å²) in [5, 5.41) is 2.72. The molecule has 0 heterocycles. The molecule has 7 heteroatoms. The SMILES string of the molecule is CCOC(=O)c1ccccc1NC(=O)CCN(C(C)=O)c1ccccc1OC. The van der Waals surface area contributed by atoms with E-state index in [0.717, 1.165) is 0 Å². The maximum Gasteiger partial charge on any atom is 0.340 e. The Bertz CT molecular complexity index is 850. The number of nitrogens with zero attached hydrogens (tertiary/aromatic N) is 1. The molecule has 0 unspecified atom stereocenters. The number of benzene rings is 2. The Labute approximate surface area is 164 Å². The van der Waals surface area contributed by atoms with Gasteiger partial charge in [0.15, 0.2) is 0 Å². The fourth-order valence-corrected chi connectivity index (χ4v) is 2.71. The van der Waals surface area contributed by atoms with Crippen LogP contribution in [0.3, 0.4) is 0 Å². The van der Waals surface area contributed by atoms with Gasteiger partial charge < -0.3 is 19.7 Å². The van der Waals surface area contributed by atoms with Gasteiger partial charge in [-0.1, -0.05) is 24.3 Å². The van der Waals surface area contributed by atoms with Gasteiger partial charge in [0, 0.05) is 19.9 Å². The van der Waals surface area contributed by atoms with E-state index in [1.807, 2.05) is 0 Å². The summed E-state index contributed by atoms with van der Waals surface area (Å²) < 4.78 is 10.3. The van der Waals surface area contributed by atoms with E-state index in [4.69, 9.17) is 9.47 Å². The first-order valence-corrected chi connectivity index (χ1v) is 8.95. The number of carbonyl (C=O) groups is 3. The number of anilines is 2. The van der Waals surface area contributed by atoms with E-state index in [2.05, 4.69) is 5.32 Å². The number of hydrogen-bond acceptors (Lipinski definition) is 5. The van der Waals surface area contributed by atoms with Crippen molar-refractivity contribution in [3.05, 3.63) is 54.1 Å². The Morgan fingerprint density at radius 1 is 1.04 bits per heavy atom. The van der Waals surface area contributed by atoms with E-state index in [1.165, 1.54) is 18.9 Å². The molecule has 0 aliphatic heterocycles. The predicted octanol–water partition coefficient (Wildman–Crippen LogP) is 3.25. The van der Waals surface area contributed by atoms with Crippen molar-refractivity contribution in [2.75, 3.05) is 30.5 Å². The summed E-state index contributed by atoms with van der Waals surface area (Å²) in [6.07, 6.45) is 0.0504. The molecule has 2 amide bonds. The van der Waals surface area contributed by atoms with Gasteiger partial charge in [0.05, 0.1) is 30.7 Å². The van der Waals surface area contributed by atoms with Gasteiger partial charge in [-0.05, 0) is 31.2 Å². The van der Waals surface area contributed by atoms with E-state index in [9.17, 15) is 14.4 Å². The summed E-state index contributed by atoms with van der Waals surface area (Å²) in [5.74, 6) is -0.481. The van der Waals surface area contributed by atoms with Crippen molar-refractivity contribution in [3.8, 4) is 5.75 Å². The van der Waals surface area contributed by atoms with Crippen molar-refractivity contribution in [1.82, 2.24) is 0 Å². The lowest BCUT2D eigenvalue weighted by Crippen LogP contribution is -2.32. The first-order chi connectivity index (χ1) is 13.5. The van der Waals surface area contributed by atoms with Crippen molar-refractivity contribution >= 4 is 29.2 Å². The fraction of sp³-hybridized carbons (Fsp3) is 0.286. The van der Waals surface area contributed by atoms with Crippen LogP contribution >= 0.6 is 0 Å². The molecule has 2 aromatic carbocycles. The third-order valence-electron chi connectivity index (χ3n) is 4.02. The molecule has 0 spiro atoms. The largest absolute Gasteiger partial charge is 0.495 e. The average Bonchev–Trinajstić information content (AvgIpc) is 2.68. The molecule has 0 aromatic heterocycles.